The Morgan fingerprint density at radius 1 is 1.62 bits per heavy atom. The fourth-order valence-electron chi connectivity index (χ4n) is 0.808. The van der Waals surface area contributed by atoms with Crippen LogP contribution in [-0.2, 0) is 0 Å². The van der Waals surface area contributed by atoms with E-state index >= 15 is 0 Å². The quantitative estimate of drug-likeness (QED) is 0.632. The lowest BCUT2D eigenvalue weighted by atomic mass is 10.2. The molecule has 70 valence electrons. The smallest absolute Gasteiger partial charge is 0.293 e. The number of hydrogen-bond acceptors (Lipinski definition) is 5. The highest BCUT2D eigenvalue weighted by Gasteiger charge is 2.13. The van der Waals surface area contributed by atoms with Crippen molar-refractivity contribution in [1.82, 2.24) is 10.2 Å². The summed E-state index contributed by atoms with van der Waals surface area (Å²) < 4.78 is 5.04. The number of aliphatic hydroxyl groups excluding tert-OH is 1. The predicted molar refractivity (Wildman–Crippen MR) is 45.5 cm³/mol. The van der Waals surface area contributed by atoms with E-state index in [1.54, 1.807) is 6.92 Å². The lowest BCUT2D eigenvalue weighted by Crippen LogP contribution is -2.06. The largest absolute Gasteiger partial charge is 0.412 e. The molecule has 0 aromatic carbocycles. The molecule has 0 aliphatic heterocycles. The number of nitrogens with zero attached hydrogens (tertiary/aromatic N) is 2. The number of nitrogens with two attached hydrogens (primary N) is 1. The van der Waals surface area contributed by atoms with Crippen molar-refractivity contribution in [3.63, 3.8) is 0 Å². The van der Waals surface area contributed by atoms with Gasteiger partial charge in [0.15, 0.2) is 0 Å². The third-order valence-corrected chi connectivity index (χ3v) is 1.40. The molecule has 1 aromatic rings. The van der Waals surface area contributed by atoms with Gasteiger partial charge in [0, 0.05) is 0 Å². The first kappa shape index (κ1) is 9.71. The molecule has 0 spiro atoms. The Morgan fingerprint density at radius 2 is 2.38 bits per heavy atom. The highest BCUT2D eigenvalue weighted by Crippen LogP contribution is 2.13. The Balaban J connectivity index is 2.71. The molecule has 1 unspecified atom stereocenters. The Kier molecular flexibility index (Phi) is 3.43. The molecule has 1 atom stereocenters. The minimum absolute atomic E-state index is 0.170. The summed E-state index contributed by atoms with van der Waals surface area (Å²) in [5, 5.41) is 16.6. The molecule has 0 amide bonds. The van der Waals surface area contributed by atoms with Gasteiger partial charge in [0.25, 0.3) is 5.89 Å². The second-order valence-electron chi connectivity index (χ2n) is 2.41. The summed E-state index contributed by atoms with van der Waals surface area (Å²) >= 11 is 0. The van der Waals surface area contributed by atoms with Gasteiger partial charge >= 0.3 is 0 Å². The van der Waals surface area contributed by atoms with E-state index in [4.69, 9.17) is 10.2 Å². The molecule has 0 saturated carbocycles. The van der Waals surface area contributed by atoms with Gasteiger partial charge in [0.2, 0.25) is 5.89 Å². The third-order valence-electron chi connectivity index (χ3n) is 1.40. The van der Waals surface area contributed by atoms with E-state index in [9.17, 15) is 5.11 Å². The van der Waals surface area contributed by atoms with Crippen LogP contribution < -0.4 is 5.73 Å². The molecule has 0 fully saturated rings. The van der Waals surface area contributed by atoms with Crippen LogP contribution in [0.1, 0.15) is 31.2 Å². The Labute approximate surface area is 76.0 Å². The predicted octanol–water partition coefficient (Wildman–Crippen LogP) is -0.177. The molecular weight excluding hydrogens is 170 g/mol. The van der Waals surface area contributed by atoms with E-state index in [-0.39, 0.29) is 11.8 Å². The van der Waals surface area contributed by atoms with Crippen LogP contribution in [0.5, 0.6) is 0 Å². The molecule has 0 radical (unpaired) electrons. The van der Waals surface area contributed by atoms with Gasteiger partial charge in [-0.25, -0.2) is 0 Å². The number of aliphatic hydroxyl groups is 1. The summed E-state index contributed by atoms with van der Waals surface area (Å²) in [5.41, 5.74) is 5.25. The SMILES string of the molecule is CC#Cc1nnc(C(O)CCN)o1. The molecule has 0 aliphatic rings. The lowest BCUT2D eigenvalue weighted by molar-refractivity contribution is 0.136. The van der Waals surface area contributed by atoms with E-state index in [1.165, 1.54) is 0 Å². The van der Waals surface area contributed by atoms with Gasteiger partial charge in [-0.05, 0) is 25.8 Å². The highest BCUT2D eigenvalue weighted by atomic mass is 16.4. The minimum Gasteiger partial charge on any atom is -0.412 e. The van der Waals surface area contributed by atoms with Crippen molar-refractivity contribution in [2.75, 3.05) is 6.54 Å². The maximum absolute atomic E-state index is 9.38. The first-order valence-corrected chi connectivity index (χ1v) is 3.92. The van der Waals surface area contributed by atoms with Crippen molar-refractivity contribution >= 4 is 0 Å². The van der Waals surface area contributed by atoms with Crippen molar-refractivity contribution in [3.05, 3.63) is 11.8 Å². The minimum atomic E-state index is -0.787. The van der Waals surface area contributed by atoms with Crippen molar-refractivity contribution in [2.45, 2.75) is 19.4 Å². The molecule has 13 heavy (non-hydrogen) atoms. The molecule has 1 rings (SSSR count). The summed E-state index contributed by atoms with van der Waals surface area (Å²) in [6, 6.07) is 0. The normalized spacial score (nSPS) is 11.9. The molecule has 5 heteroatoms. The van der Waals surface area contributed by atoms with Crippen molar-refractivity contribution < 1.29 is 9.52 Å². The summed E-state index contributed by atoms with van der Waals surface area (Å²) in [5.74, 6) is 5.59. The van der Waals surface area contributed by atoms with Gasteiger partial charge in [0.1, 0.15) is 6.10 Å². The van der Waals surface area contributed by atoms with Gasteiger partial charge in [-0.15, -0.1) is 5.10 Å². The van der Waals surface area contributed by atoms with Crippen LogP contribution in [-0.4, -0.2) is 21.8 Å². The van der Waals surface area contributed by atoms with Gasteiger partial charge in [0.05, 0.1) is 0 Å². The Morgan fingerprint density at radius 3 is 3.00 bits per heavy atom. The molecule has 0 bridgehead atoms. The standard InChI is InChI=1S/C8H11N3O2/c1-2-3-7-10-11-8(13-7)6(12)4-5-9/h6,12H,4-5,9H2,1H3. The maximum Gasteiger partial charge on any atom is 0.293 e. The Hall–Kier alpha value is -1.38. The van der Waals surface area contributed by atoms with Crippen LogP contribution in [0.15, 0.2) is 4.42 Å². The number of rotatable bonds is 3. The first-order valence-electron chi connectivity index (χ1n) is 3.92. The Bertz CT molecular complexity index is 324. The summed E-state index contributed by atoms with van der Waals surface area (Å²) in [7, 11) is 0. The number of aromatic nitrogens is 2. The zero-order valence-electron chi connectivity index (χ0n) is 7.32. The van der Waals surface area contributed by atoms with E-state index in [1.807, 2.05) is 0 Å². The maximum atomic E-state index is 9.38. The second kappa shape index (κ2) is 4.60. The average molecular weight is 181 g/mol. The number of hydrogen-bond donors (Lipinski definition) is 2. The fourth-order valence-corrected chi connectivity index (χ4v) is 0.808. The summed E-state index contributed by atoms with van der Waals surface area (Å²) in [4.78, 5) is 0. The fraction of sp³-hybridized carbons (Fsp3) is 0.500. The lowest BCUT2D eigenvalue weighted by Gasteiger charge is -2.00. The zero-order valence-corrected chi connectivity index (χ0v) is 7.32. The van der Waals surface area contributed by atoms with Crippen LogP contribution in [0.25, 0.3) is 0 Å². The van der Waals surface area contributed by atoms with Crippen LogP contribution >= 0.6 is 0 Å². The monoisotopic (exact) mass is 181 g/mol. The first-order chi connectivity index (χ1) is 6.27. The van der Waals surface area contributed by atoms with Crippen LogP contribution in [0.3, 0.4) is 0 Å². The highest BCUT2D eigenvalue weighted by molar-refractivity contribution is 5.15. The second-order valence-corrected chi connectivity index (χ2v) is 2.41. The third kappa shape index (κ3) is 2.54. The van der Waals surface area contributed by atoms with E-state index in [0.717, 1.165) is 0 Å². The summed E-state index contributed by atoms with van der Waals surface area (Å²) in [6.07, 6.45) is -0.383. The van der Waals surface area contributed by atoms with E-state index < -0.39 is 6.10 Å². The van der Waals surface area contributed by atoms with Gasteiger partial charge in [-0.1, -0.05) is 11.0 Å². The van der Waals surface area contributed by atoms with E-state index in [2.05, 4.69) is 22.0 Å². The van der Waals surface area contributed by atoms with Crippen LogP contribution in [0.2, 0.25) is 0 Å². The van der Waals surface area contributed by atoms with Crippen LogP contribution in [0.4, 0.5) is 0 Å². The molecule has 3 N–H and O–H groups in total. The van der Waals surface area contributed by atoms with Crippen molar-refractivity contribution in [1.29, 1.82) is 0 Å². The topological polar surface area (TPSA) is 85.2 Å². The molecule has 1 aromatic heterocycles. The molecule has 0 saturated heterocycles. The van der Waals surface area contributed by atoms with Crippen molar-refractivity contribution in [2.24, 2.45) is 5.73 Å². The van der Waals surface area contributed by atoms with Gasteiger partial charge in [-0.2, -0.15) is 0 Å². The average Bonchev–Trinajstić information content (AvgIpc) is 2.54. The van der Waals surface area contributed by atoms with Gasteiger partial charge in [-0.3, -0.25) is 0 Å². The van der Waals surface area contributed by atoms with Crippen LogP contribution in [0, 0.1) is 11.8 Å². The zero-order chi connectivity index (χ0) is 9.68. The molecular formula is C8H11N3O2. The molecule has 1 heterocycles. The summed E-state index contributed by atoms with van der Waals surface area (Å²) in [6.45, 7) is 2.04. The molecule has 5 nitrogen and oxygen atoms in total. The molecule has 0 aliphatic carbocycles. The van der Waals surface area contributed by atoms with Gasteiger partial charge < -0.3 is 15.3 Å². The van der Waals surface area contributed by atoms with Crippen molar-refractivity contribution in [3.8, 4) is 11.8 Å². The van der Waals surface area contributed by atoms with E-state index in [0.29, 0.717) is 13.0 Å².